The van der Waals surface area contributed by atoms with Crippen molar-refractivity contribution in [1.29, 1.82) is 0 Å². The molecule has 1 unspecified atom stereocenters. The van der Waals surface area contributed by atoms with Gasteiger partial charge in [0.1, 0.15) is 17.3 Å². The zero-order valence-corrected chi connectivity index (χ0v) is 15.7. The normalized spacial score (nSPS) is 18.3. The number of nitrogens with zero attached hydrogens (tertiary/aromatic N) is 3. The second-order valence-electron chi connectivity index (χ2n) is 6.47. The molecule has 0 radical (unpaired) electrons. The summed E-state index contributed by atoms with van der Waals surface area (Å²) in [5, 5.41) is 14.8. The van der Waals surface area contributed by atoms with Gasteiger partial charge >= 0.3 is 5.91 Å². The Bertz CT molecular complexity index is 1100. The number of amides is 1. The number of hydrogen-bond donors (Lipinski definition) is 1. The molecule has 0 spiro atoms. The molecule has 1 fully saturated rings. The number of methoxy groups -OCH3 is 1. The monoisotopic (exact) mass is 391 g/mol. The van der Waals surface area contributed by atoms with Gasteiger partial charge in [-0.1, -0.05) is 5.16 Å². The fourth-order valence-electron chi connectivity index (χ4n) is 3.30. The molecular formula is C21H17N3O5. The van der Waals surface area contributed by atoms with Crippen LogP contribution in [-0.4, -0.2) is 34.0 Å². The van der Waals surface area contributed by atoms with Crippen LogP contribution in [-0.2, 0) is 9.59 Å². The number of ether oxygens (including phenoxy) is 1. The van der Waals surface area contributed by atoms with E-state index in [9.17, 15) is 14.7 Å². The molecule has 1 saturated heterocycles. The van der Waals surface area contributed by atoms with E-state index in [0.717, 1.165) is 0 Å². The van der Waals surface area contributed by atoms with Crippen LogP contribution in [0.3, 0.4) is 0 Å². The molecule has 146 valence electrons. The Labute approximate surface area is 166 Å². The maximum Gasteiger partial charge on any atom is 0.301 e. The Hall–Kier alpha value is -3.94. The number of aryl methyl sites for hydroxylation is 1. The summed E-state index contributed by atoms with van der Waals surface area (Å²) in [4.78, 5) is 31.0. The SMILES string of the molecule is COc1ccc(C(O)=C2C(=O)C(=O)N(c3cc(C)on3)C2c2ccncc2)cc1. The molecule has 1 N–H and O–H groups in total. The van der Waals surface area contributed by atoms with E-state index in [4.69, 9.17) is 9.26 Å². The van der Waals surface area contributed by atoms with Crippen LogP contribution in [0, 0.1) is 6.92 Å². The minimum Gasteiger partial charge on any atom is -0.507 e. The van der Waals surface area contributed by atoms with Crippen molar-refractivity contribution in [2.75, 3.05) is 12.0 Å². The maximum absolute atomic E-state index is 12.9. The number of anilines is 1. The predicted octanol–water partition coefficient (Wildman–Crippen LogP) is 3.01. The van der Waals surface area contributed by atoms with E-state index in [0.29, 0.717) is 22.6 Å². The number of benzene rings is 1. The number of Topliss-reactive ketones (excluding diaryl/α,β-unsaturated/α-hetero) is 1. The average Bonchev–Trinajstić information content (AvgIpc) is 3.29. The van der Waals surface area contributed by atoms with Crippen LogP contribution >= 0.6 is 0 Å². The van der Waals surface area contributed by atoms with Gasteiger partial charge in [0.05, 0.1) is 18.7 Å². The molecule has 1 aliphatic rings. The van der Waals surface area contributed by atoms with Crippen molar-refractivity contribution in [2.24, 2.45) is 0 Å². The second kappa shape index (κ2) is 7.23. The van der Waals surface area contributed by atoms with E-state index >= 15 is 0 Å². The molecule has 1 aromatic carbocycles. The van der Waals surface area contributed by atoms with E-state index in [2.05, 4.69) is 10.1 Å². The molecule has 1 atom stereocenters. The van der Waals surface area contributed by atoms with Crippen molar-refractivity contribution in [3.05, 3.63) is 77.3 Å². The third-order valence-electron chi connectivity index (χ3n) is 4.69. The molecule has 0 saturated carbocycles. The summed E-state index contributed by atoms with van der Waals surface area (Å²) in [5.74, 6) is -0.594. The first kappa shape index (κ1) is 18.4. The summed E-state index contributed by atoms with van der Waals surface area (Å²) in [6.07, 6.45) is 3.10. The fourth-order valence-corrected chi connectivity index (χ4v) is 3.30. The van der Waals surface area contributed by atoms with E-state index < -0.39 is 17.7 Å². The third-order valence-corrected chi connectivity index (χ3v) is 4.69. The molecule has 4 rings (SSSR count). The standard InChI is InChI=1S/C21H17N3O5/c1-12-11-16(23-29-12)24-18(13-7-9-22-10-8-13)17(20(26)21(24)27)19(25)14-3-5-15(28-2)6-4-14/h3-11,18,25H,1-2H3. The molecule has 2 aromatic heterocycles. The summed E-state index contributed by atoms with van der Waals surface area (Å²) >= 11 is 0. The average molecular weight is 391 g/mol. The van der Waals surface area contributed by atoms with Gasteiger partial charge in [-0.05, 0) is 48.9 Å². The van der Waals surface area contributed by atoms with Crippen LogP contribution in [0.5, 0.6) is 5.75 Å². The molecule has 8 heteroatoms. The van der Waals surface area contributed by atoms with Crippen molar-refractivity contribution < 1.29 is 24.0 Å². The van der Waals surface area contributed by atoms with Crippen LogP contribution < -0.4 is 9.64 Å². The highest BCUT2D eigenvalue weighted by Crippen LogP contribution is 2.41. The minimum absolute atomic E-state index is 0.0352. The first-order chi connectivity index (χ1) is 14.0. The van der Waals surface area contributed by atoms with Crippen molar-refractivity contribution in [1.82, 2.24) is 10.1 Å². The molecule has 0 aliphatic carbocycles. The molecule has 8 nitrogen and oxygen atoms in total. The fraction of sp³-hybridized carbons (Fsp3) is 0.143. The lowest BCUT2D eigenvalue weighted by Crippen LogP contribution is -2.29. The molecule has 29 heavy (non-hydrogen) atoms. The van der Waals surface area contributed by atoms with Gasteiger partial charge in [0.15, 0.2) is 5.82 Å². The van der Waals surface area contributed by atoms with Crippen LogP contribution in [0.1, 0.15) is 22.9 Å². The van der Waals surface area contributed by atoms with Crippen LogP contribution in [0.25, 0.3) is 5.76 Å². The molecular weight excluding hydrogens is 374 g/mol. The summed E-state index contributed by atoms with van der Waals surface area (Å²) < 4.78 is 10.2. The predicted molar refractivity (Wildman–Crippen MR) is 103 cm³/mol. The Morgan fingerprint density at radius 1 is 1.14 bits per heavy atom. The summed E-state index contributed by atoms with van der Waals surface area (Å²) in [6.45, 7) is 1.69. The van der Waals surface area contributed by atoms with Crippen LogP contribution in [0.2, 0.25) is 0 Å². The van der Waals surface area contributed by atoms with Gasteiger partial charge < -0.3 is 14.4 Å². The molecule has 1 amide bonds. The van der Waals surface area contributed by atoms with E-state index in [1.165, 1.54) is 12.0 Å². The van der Waals surface area contributed by atoms with Gasteiger partial charge in [0, 0.05) is 24.0 Å². The van der Waals surface area contributed by atoms with E-state index in [1.54, 1.807) is 61.8 Å². The van der Waals surface area contributed by atoms with Gasteiger partial charge in [0.25, 0.3) is 5.78 Å². The highest BCUT2D eigenvalue weighted by molar-refractivity contribution is 6.51. The van der Waals surface area contributed by atoms with Crippen molar-refractivity contribution in [3.63, 3.8) is 0 Å². The first-order valence-corrected chi connectivity index (χ1v) is 8.80. The Morgan fingerprint density at radius 2 is 1.83 bits per heavy atom. The number of pyridine rings is 1. The molecule has 0 bridgehead atoms. The smallest absolute Gasteiger partial charge is 0.301 e. The summed E-state index contributed by atoms with van der Waals surface area (Å²) in [6, 6.07) is 10.6. The zero-order chi connectivity index (χ0) is 20.5. The lowest BCUT2D eigenvalue weighted by Gasteiger charge is -2.22. The number of ketones is 1. The highest BCUT2D eigenvalue weighted by Gasteiger charge is 2.48. The topological polar surface area (TPSA) is 106 Å². The first-order valence-electron chi connectivity index (χ1n) is 8.80. The maximum atomic E-state index is 12.9. The number of rotatable bonds is 4. The number of carbonyl (C=O) groups excluding carboxylic acids is 2. The molecule has 3 heterocycles. The quantitative estimate of drug-likeness (QED) is 0.414. The Morgan fingerprint density at radius 3 is 2.41 bits per heavy atom. The van der Waals surface area contributed by atoms with Crippen molar-refractivity contribution in [3.8, 4) is 5.75 Å². The van der Waals surface area contributed by atoms with Crippen LogP contribution in [0.15, 0.2) is 65.0 Å². The number of aliphatic hydroxyl groups excluding tert-OH is 1. The lowest BCUT2D eigenvalue weighted by atomic mass is 9.96. The zero-order valence-electron chi connectivity index (χ0n) is 15.7. The number of aliphatic hydroxyl groups is 1. The van der Waals surface area contributed by atoms with E-state index in [1.807, 2.05) is 0 Å². The number of carbonyl (C=O) groups is 2. The van der Waals surface area contributed by atoms with Crippen molar-refractivity contribution >= 4 is 23.3 Å². The highest BCUT2D eigenvalue weighted by atomic mass is 16.5. The lowest BCUT2D eigenvalue weighted by molar-refractivity contribution is -0.132. The molecule has 3 aromatic rings. The van der Waals surface area contributed by atoms with Gasteiger partial charge in [-0.3, -0.25) is 19.5 Å². The van der Waals surface area contributed by atoms with Gasteiger partial charge in [0.2, 0.25) is 0 Å². The van der Waals surface area contributed by atoms with Gasteiger partial charge in [-0.15, -0.1) is 0 Å². The molecule has 1 aliphatic heterocycles. The second-order valence-corrected chi connectivity index (χ2v) is 6.47. The third kappa shape index (κ3) is 3.14. The van der Waals surface area contributed by atoms with Gasteiger partial charge in [-0.2, -0.15) is 0 Å². The number of hydrogen-bond acceptors (Lipinski definition) is 7. The Kier molecular flexibility index (Phi) is 4.59. The van der Waals surface area contributed by atoms with Gasteiger partial charge in [-0.25, -0.2) is 0 Å². The summed E-state index contributed by atoms with van der Waals surface area (Å²) in [7, 11) is 1.53. The summed E-state index contributed by atoms with van der Waals surface area (Å²) in [5.41, 5.74) is 0.959. The minimum atomic E-state index is -0.871. The van der Waals surface area contributed by atoms with E-state index in [-0.39, 0.29) is 17.2 Å². The Balaban J connectivity index is 1.90. The van der Waals surface area contributed by atoms with Crippen LogP contribution in [0.4, 0.5) is 5.82 Å². The largest absolute Gasteiger partial charge is 0.507 e. The van der Waals surface area contributed by atoms with Crippen molar-refractivity contribution in [2.45, 2.75) is 13.0 Å². The number of aromatic nitrogens is 2.